The van der Waals surface area contributed by atoms with E-state index in [9.17, 15) is 4.79 Å². The van der Waals surface area contributed by atoms with Gasteiger partial charge in [0.15, 0.2) is 0 Å². The lowest BCUT2D eigenvalue weighted by Gasteiger charge is -2.18. The summed E-state index contributed by atoms with van der Waals surface area (Å²) in [7, 11) is 0. The van der Waals surface area contributed by atoms with Gasteiger partial charge in [-0.3, -0.25) is 4.79 Å². The number of carbonyl (C=O) groups is 1. The van der Waals surface area contributed by atoms with E-state index in [2.05, 4.69) is 21.2 Å². The Balaban J connectivity index is 2.27. The molecule has 0 saturated heterocycles. The summed E-state index contributed by atoms with van der Waals surface area (Å²) in [6.07, 6.45) is 0.630. The lowest BCUT2D eigenvalue weighted by Crippen LogP contribution is -2.28. The van der Waals surface area contributed by atoms with Crippen LogP contribution >= 0.6 is 27.3 Å². The van der Waals surface area contributed by atoms with Crippen molar-refractivity contribution in [2.24, 2.45) is 5.41 Å². The lowest BCUT2D eigenvalue weighted by molar-refractivity contribution is -0.147. The van der Waals surface area contributed by atoms with Gasteiger partial charge in [0.25, 0.3) is 0 Å². The van der Waals surface area contributed by atoms with Crippen LogP contribution in [0.25, 0.3) is 0 Å². The number of nitrogens with one attached hydrogen (secondary N) is 1. The molecule has 0 radical (unpaired) electrons. The monoisotopic (exact) mass is 305 g/mol. The fourth-order valence-corrected chi connectivity index (χ4v) is 2.62. The van der Waals surface area contributed by atoms with Crippen LogP contribution in [0.4, 0.5) is 0 Å². The van der Waals surface area contributed by atoms with Crippen molar-refractivity contribution in [2.45, 2.75) is 26.8 Å². The van der Waals surface area contributed by atoms with Crippen LogP contribution in [0.15, 0.2) is 15.9 Å². The van der Waals surface area contributed by atoms with Crippen LogP contribution in [0.3, 0.4) is 0 Å². The van der Waals surface area contributed by atoms with E-state index in [-0.39, 0.29) is 0 Å². The maximum atomic E-state index is 10.9. The zero-order valence-corrected chi connectivity index (χ0v) is 11.8. The number of rotatable bonds is 6. The first-order valence-corrected chi connectivity index (χ1v) is 6.77. The minimum Gasteiger partial charge on any atom is -0.481 e. The molecule has 0 amide bonds. The topological polar surface area (TPSA) is 49.3 Å². The number of carboxylic acids is 1. The second kappa shape index (κ2) is 5.80. The van der Waals surface area contributed by atoms with Crippen molar-refractivity contribution in [3.8, 4) is 0 Å². The molecule has 0 fully saturated rings. The molecule has 5 heteroatoms. The molecule has 0 aliphatic rings. The number of hydrogen-bond donors (Lipinski definition) is 2. The van der Waals surface area contributed by atoms with Crippen LogP contribution in [-0.2, 0) is 11.3 Å². The summed E-state index contributed by atoms with van der Waals surface area (Å²) in [5, 5.41) is 14.2. The Hall–Kier alpha value is -0.390. The van der Waals surface area contributed by atoms with Gasteiger partial charge < -0.3 is 10.4 Å². The molecule has 90 valence electrons. The van der Waals surface area contributed by atoms with E-state index in [1.165, 1.54) is 4.88 Å². The summed E-state index contributed by atoms with van der Waals surface area (Å²) in [4.78, 5) is 12.1. The highest BCUT2D eigenvalue weighted by molar-refractivity contribution is 9.10. The molecule has 0 aliphatic heterocycles. The molecule has 0 saturated carbocycles. The Morgan fingerprint density at radius 3 is 2.81 bits per heavy atom. The second-order valence-corrected chi connectivity index (χ2v) is 6.16. The van der Waals surface area contributed by atoms with Crippen molar-refractivity contribution < 1.29 is 9.90 Å². The van der Waals surface area contributed by atoms with E-state index in [0.29, 0.717) is 13.0 Å². The fourth-order valence-electron chi connectivity index (χ4n) is 1.16. The van der Waals surface area contributed by atoms with Gasteiger partial charge >= 0.3 is 5.97 Å². The van der Waals surface area contributed by atoms with Crippen molar-refractivity contribution in [2.75, 3.05) is 6.54 Å². The summed E-state index contributed by atoms with van der Waals surface area (Å²) in [5.74, 6) is -0.744. The summed E-state index contributed by atoms with van der Waals surface area (Å²) in [5.41, 5.74) is -0.653. The summed E-state index contributed by atoms with van der Waals surface area (Å²) in [6, 6.07) is 2.02. The smallest absolute Gasteiger partial charge is 0.309 e. The predicted octanol–water partition coefficient (Wildman–Crippen LogP) is 3.10. The molecule has 1 aromatic rings. The predicted molar refractivity (Wildman–Crippen MR) is 69.8 cm³/mol. The van der Waals surface area contributed by atoms with Crippen LogP contribution in [0.1, 0.15) is 25.1 Å². The average molecular weight is 306 g/mol. The van der Waals surface area contributed by atoms with Crippen LogP contribution in [-0.4, -0.2) is 17.6 Å². The summed E-state index contributed by atoms with van der Waals surface area (Å²) >= 11 is 5.15. The maximum Gasteiger partial charge on any atom is 0.309 e. The highest BCUT2D eigenvalue weighted by Crippen LogP contribution is 2.23. The molecule has 1 rings (SSSR count). The van der Waals surface area contributed by atoms with Crippen LogP contribution < -0.4 is 5.32 Å². The van der Waals surface area contributed by atoms with E-state index < -0.39 is 11.4 Å². The largest absolute Gasteiger partial charge is 0.481 e. The highest BCUT2D eigenvalue weighted by atomic mass is 79.9. The van der Waals surface area contributed by atoms with Crippen LogP contribution in [0.2, 0.25) is 0 Å². The Kier molecular flexibility index (Phi) is 4.95. The lowest BCUT2D eigenvalue weighted by atomic mass is 9.90. The Morgan fingerprint density at radius 2 is 2.31 bits per heavy atom. The van der Waals surface area contributed by atoms with Crippen molar-refractivity contribution in [3.05, 3.63) is 20.8 Å². The first kappa shape index (κ1) is 13.7. The molecule has 0 atom stereocenters. The first-order chi connectivity index (χ1) is 7.43. The number of hydrogen-bond acceptors (Lipinski definition) is 3. The van der Waals surface area contributed by atoms with Crippen LogP contribution in [0.5, 0.6) is 0 Å². The zero-order valence-electron chi connectivity index (χ0n) is 9.42. The van der Waals surface area contributed by atoms with Gasteiger partial charge in [-0.05, 0) is 54.2 Å². The average Bonchev–Trinajstić information content (AvgIpc) is 2.59. The standard InChI is InChI=1S/C11H16BrNO2S/c1-11(2,10(14)15)4-5-13-7-9-8(12)3-6-16-9/h3,6,13H,4-5,7H2,1-2H3,(H,14,15). The second-order valence-electron chi connectivity index (χ2n) is 4.31. The summed E-state index contributed by atoms with van der Waals surface area (Å²) in [6.45, 7) is 4.99. The number of carboxylic acid groups (broad SMARTS) is 1. The number of thiophene rings is 1. The van der Waals surface area contributed by atoms with Gasteiger partial charge in [0.05, 0.1) is 5.41 Å². The van der Waals surface area contributed by atoms with Gasteiger partial charge in [-0.25, -0.2) is 0 Å². The molecule has 0 aliphatic carbocycles. The molecule has 2 N–H and O–H groups in total. The molecular formula is C11H16BrNO2S. The first-order valence-electron chi connectivity index (χ1n) is 5.09. The molecule has 16 heavy (non-hydrogen) atoms. The fraction of sp³-hybridized carbons (Fsp3) is 0.545. The van der Waals surface area contributed by atoms with Crippen LogP contribution in [0, 0.1) is 5.41 Å². The van der Waals surface area contributed by atoms with Crippen molar-refractivity contribution in [3.63, 3.8) is 0 Å². The zero-order chi connectivity index (χ0) is 12.2. The van der Waals surface area contributed by atoms with E-state index in [1.54, 1.807) is 25.2 Å². The van der Waals surface area contributed by atoms with Gasteiger partial charge in [-0.2, -0.15) is 0 Å². The molecule has 1 aromatic heterocycles. The normalized spacial score (nSPS) is 11.7. The van der Waals surface area contributed by atoms with Crippen molar-refractivity contribution in [1.82, 2.24) is 5.32 Å². The maximum absolute atomic E-state index is 10.9. The molecule has 0 spiro atoms. The minimum absolute atomic E-state index is 0.630. The molecule has 3 nitrogen and oxygen atoms in total. The third-order valence-electron chi connectivity index (χ3n) is 2.48. The quantitative estimate of drug-likeness (QED) is 0.794. The molecule has 0 bridgehead atoms. The Bertz CT molecular complexity index is 363. The molecule has 0 unspecified atom stereocenters. The minimum atomic E-state index is -0.744. The third kappa shape index (κ3) is 3.88. The summed E-state index contributed by atoms with van der Waals surface area (Å²) < 4.78 is 1.11. The van der Waals surface area contributed by atoms with E-state index in [0.717, 1.165) is 11.0 Å². The van der Waals surface area contributed by atoms with E-state index in [4.69, 9.17) is 5.11 Å². The Labute approximate surface area is 108 Å². The van der Waals surface area contributed by atoms with Gasteiger partial charge in [0.1, 0.15) is 0 Å². The van der Waals surface area contributed by atoms with Crippen molar-refractivity contribution in [1.29, 1.82) is 0 Å². The molecular weight excluding hydrogens is 290 g/mol. The third-order valence-corrected chi connectivity index (χ3v) is 4.41. The number of halogens is 1. The van der Waals surface area contributed by atoms with Gasteiger partial charge in [0.2, 0.25) is 0 Å². The van der Waals surface area contributed by atoms with Gasteiger partial charge in [0, 0.05) is 15.9 Å². The molecule has 0 aromatic carbocycles. The van der Waals surface area contributed by atoms with E-state index >= 15 is 0 Å². The van der Waals surface area contributed by atoms with Crippen molar-refractivity contribution >= 4 is 33.2 Å². The van der Waals surface area contributed by atoms with E-state index in [1.807, 2.05) is 11.4 Å². The van der Waals surface area contributed by atoms with Gasteiger partial charge in [-0.1, -0.05) is 0 Å². The number of aliphatic carboxylic acids is 1. The Morgan fingerprint density at radius 1 is 1.62 bits per heavy atom. The SMILES string of the molecule is CC(C)(CCNCc1sccc1Br)C(=O)O. The molecule has 1 heterocycles. The van der Waals surface area contributed by atoms with Gasteiger partial charge in [-0.15, -0.1) is 11.3 Å². The highest BCUT2D eigenvalue weighted by Gasteiger charge is 2.26.